The third-order valence-electron chi connectivity index (χ3n) is 1.67. The van der Waals surface area contributed by atoms with Gasteiger partial charge in [0.05, 0.1) is 17.1 Å². The maximum absolute atomic E-state index is 10.8. The Labute approximate surface area is 75.8 Å². The smallest absolute Gasteiger partial charge is 0.272 e. The zero-order valence-electron chi connectivity index (χ0n) is 7.18. The lowest BCUT2D eigenvalue weighted by Gasteiger charge is -2.02. The van der Waals surface area contributed by atoms with Crippen LogP contribution in [-0.2, 0) is 0 Å². The van der Waals surface area contributed by atoms with Gasteiger partial charge in [-0.15, -0.1) is 0 Å². The quantitative estimate of drug-likeness (QED) is 0.625. The average molecular weight is 185 g/mol. The van der Waals surface area contributed by atoms with Gasteiger partial charge in [-0.1, -0.05) is 0 Å². The molecule has 1 aromatic rings. The van der Waals surface area contributed by atoms with E-state index in [-0.39, 0.29) is 5.69 Å². The molecule has 0 bridgehead atoms. The molecule has 0 unspecified atom stereocenters. The van der Waals surface area contributed by atoms with Crippen LogP contribution in [0, 0.1) is 20.8 Å². The minimum Gasteiger partial charge on any atom is -0.274 e. The summed E-state index contributed by atoms with van der Waals surface area (Å²) in [5, 5.41) is -0.553. The molecular weight excluding hydrogens is 176 g/mol. The third-order valence-corrected chi connectivity index (χ3v) is 1.85. The van der Waals surface area contributed by atoms with Crippen LogP contribution in [0.25, 0.3) is 0 Å². The van der Waals surface area contributed by atoms with Gasteiger partial charge in [-0.25, -0.2) is 4.98 Å². The van der Waals surface area contributed by atoms with Gasteiger partial charge in [0.1, 0.15) is 5.69 Å². The summed E-state index contributed by atoms with van der Waals surface area (Å²) < 4.78 is 0. The van der Waals surface area contributed by atoms with E-state index in [4.69, 9.17) is 11.6 Å². The van der Waals surface area contributed by atoms with E-state index in [1.807, 2.05) is 6.92 Å². The summed E-state index contributed by atoms with van der Waals surface area (Å²) in [7, 11) is 0. The first kappa shape index (κ1) is 9.13. The highest BCUT2D eigenvalue weighted by atomic mass is 35.5. The second kappa shape index (κ2) is 3.19. The SMILES string of the molecule is Cc1nc(C)c(C(=O)Cl)nc1C. The van der Waals surface area contributed by atoms with Crippen molar-refractivity contribution in [2.24, 2.45) is 0 Å². The summed E-state index contributed by atoms with van der Waals surface area (Å²) in [6.07, 6.45) is 0. The molecule has 0 aliphatic heterocycles. The summed E-state index contributed by atoms with van der Waals surface area (Å²) in [4.78, 5) is 18.9. The lowest BCUT2D eigenvalue weighted by Crippen LogP contribution is -2.04. The number of aryl methyl sites for hydroxylation is 3. The van der Waals surface area contributed by atoms with E-state index in [1.54, 1.807) is 13.8 Å². The van der Waals surface area contributed by atoms with Crippen molar-refractivity contribution >= 4 is 16.8 Å². The Morgan fingerprint density at radius 1 is 1.08 bits per heavy atom. The Morgan fingerprint density at radius 3 is 2.08 bits per heavy atom. The van der Waals surface area contributed by atoms with Crippen LogP contribution in [0.4, 0.5) is 0 Å². The zero-order chi connectivity index (χ0) is 9.30. The summed E-state index contributed by atoms with van der Waals surface area (Å²) in [5.74, 6) is 0. The molecular formula is C8H9ClN2O. The van der Waals surface area contributed by atoms with Gasteiger partial charge in [-0.3, -0.25) is 9.78 Å². The molecule has 0 fully saturated rings. The predicted molar refractivity (Wildman–Crippen MR) is 46.4 cm³/mol. The molecule has 0 aliphatic rings. The van der Waals surface area contributed by atoms with Crippen LogP contribution in [0.3, 0.4) is 0 Å². The largest absolute Gasteiger partial charge is 0.274 e. The highest BCUT2D eigenvalue weighted by Crippen LogP contribution is 2.08. The molecule has 0 saturated heterocycles. The Morgan fingerprint density at radius 2 is 1.58 bits per heavy atom. The van der Waals surface area contributed by atoms with Crippen molar-refractivity contribution in [2.75, 3.05) is 0 Å². The van der Waals surface area contributed by atoms with Gasteiger partial charge >= 0.3 is 0 Å². The number of aromatic nitrogens is 2. The molecule has 1 heterocycles. The Kier molecular flexibility index (Phi) is 2.43. The fraction of sp³-hybridized carbons (Fsp3) is 0.375. The highest BCUT2D eigenvalue weighted by molar-refractivity contribution is 6.67. The van der Waals surface area contributed by atoms with Crippen molar-refractivity contribution in [1.82, 2.24) is 9.97 Å². The molecule has 4 heteroatoms. The minimum absolute atomic E-state index is 0.250. The number of rotatable bonds is 1. The number of halogens is 1. The van der Waals surface area contributed by atoms with Crippen molar-refractivity contribution in [3.05, 3.63) is 22.8 Å². The van der Waals surface area contributed by atoms with Crippen LogP contribution in [-0.4, -0.2) is 15.2 Å². The minimum atomic E-state index is -0.553. The maximum atomic E-state index is 10.8. The van der Waals surface area contributed by atoms with E-state index >= 15 is 0 Å². The van der Waals surface area contributed by atoms with Gasteiger partial charge < -0.3 is 0 Å². The van der Waals surface area contributed by atoms with Gasteiger partial charge in [0.2, 0.25) is 0 Å². The number of nitrogens with zero attached hydrogens (tertiary/aromatic N) is 2. The van der Waals surface area contributed by atoms with Crippen LogP contribution < -0.4 is 0 Å². The standard InChI is InChI=1S/C8H9ClN2O/c1-4-5(2)11-7(8(9)12)6(3)10-4/h1-3H3. The molecule has 0 aliphatic carbocycles. The monoisotopic (exact) mass is 184 g/mol. The van der Waals surface area contributed by atoms with Gasteiger partial charge in [0.15, 0.2) is 0 Å². The maximum Gasteiger partial charge on any atom is 0.272 e. The molecule has 0 amide bonds. The molecule has 3 nitrogen and oxygen atoms in total. The molecule has 64 valence electrons. The lowest BCUT2D eigenvalue weighted by atomic mass is 10.3. The highest BCUT2D eigenvalue weighted by Gasteiger charge is 2.10. The van der Waals surface area contributed by atoms with Gasteiger partial charge in [-0.05, 0) is 32.4 Å². The summed E-state index contributed by atoms with van der Waals surface area (Å²) in [5.41, 5.74) is 2.40. The Hall–Kier alpha value is -0.960. The molecule has 0 saturated carbocycles. The first-order valence-electron chi connectivity index (χ1n) is 3.54. The van der Waals surface area contributed by atoms with Gasteiger partial charge in [0.25, 0.3) is 5.24 Å². The fourth-order valence-corrected chi connectivity index (χ4v) is 1.08. The van der Waals surface area contributed by atoms with E-state index < -0.39 is 5.24 Å². The summed E-state index contributed by atoms with van der Waals surface area (Å²) in [6.45, 7) is 5.36. The molecule has 1 rings (SSSR count). The molecule has 0 spiro atoms. The first-order valence-corrected chi connectivity index (χ1v) is 3.92. The van der Waals surface area contributed by atoms with Crippen LogP contribution >= 0.6 is 11.6 Å². The second-order valence-corrected chi connectivity index (χ2v) is 2.95. The molecule has 0 atom stereocenters. The van der Waals surface area contributed by atoms with Crippen molar-refractivity contribution < 1.29 is 4.79 Å². The third kappa shape index (κ3) is 1.61. The molecule has 0 N–H and O–H groups in total. The topological polar surface area (TPSA) is 42.9 Å². The van der Waals surface area contributed by atoms with Crippen molar-refractivity contribution in [1.29, 1.82) is 0 Å². The first-order chi connectivity index (χ1) is 5.52. The normalized spacial score (nSPS) is 10.0. The van der Waals surface area contributed by atoms with Crippen LogP contribution in [0.2, 0.25) is 0 Å². The van der Waals surface area contributed by atoms with Crippen LogP contribution in [0.5, 0.6) is 0 Å². The lowest BCUT2D eigenvalue weighted by molar-refractivity contribution is 0.107. The zero-order valence-corrected chi connectivity index (χ0v) is 7.94. The van der Waals surface area contributed by atoms with Crippen LogP contribution in [0.15, 0.2) is 0 Å². The average Bonchev–Trinajstić information content (AvgIpc) is 1.96. The summed E-state index contributed by atoms with van der Waals surface area (Å²) in [6, 6.07) is 0. The van der Waals surface area contributed by atoms with Crippen molar-refractivity contribution in [3.8, 4) is 0 Å². The number of hydrogen-bond donors (Lipinski definition) is 0. The summed E-state index contributed by atoms with van der Waals surface area (Å²) >= 11 is 5.29. The number of carbonyl (C=O) groups is 1. The Balaban J connectivity index is 3.33. The second-order valence-electron chi connectivity index (χ2n) is 2.60. The molecule has 1 aromatic heterocycles. The molecule has 12 heavy (non-hydrogen) atoms. The van der Waals surface area contributed by atoms with Crippen molar-refractivity contribution in [2.45, 2.75) is 20.8 Å². The molecule has 0 radical (unpaired) electrons. The number of hydrogen-bond acceptors (Lipinski definition) is 3. The Bertz CT molecular complexity index is 336. The van der Waals surface area contributed by atoms with E-state index in [0.29, 0.717) is 5.69 Å². The van der Waals surface area contributed by atoms with Crippen LogP contribution in [0.1, 0.15) is 27.6 Å². The van der Waals surface area contributed by atoms with Gasteiger partial charge in [-0.2, -0.15) is 0 Å². The number of carbonyl (C=O) groups excluding carboxylic acids is 1. The van der Waals surface area contributed by atoms with E-state index in [9.17, 15) is 4.79 Å². The fourth-order valence-electron chi connectivity index (χ4n) is 0.901. The van der Waals surface area contributed by atoms with Gasteiger partial charge in [0, 0.05) is 0 Å². The predicted octanol–water partition coefficient (Wildman–Crippen LogP) is 1.78. The van der Waals surface area contributed by atoms with E-state index in [0.717, 1.165) is 11.4 Å². The molecule has 0 aromatic carbocycles. The van der Waals surface area contributed by atoms with Crippen molar-refractivity contribution in [3.63, 3.8) is 0 Å². The van der Waals surface area contributed by atoms with E-state index in [2.05, 4.69) is 9.97 Å². The van der Waals surface area contributed by atoms with E-state index in [1.165, 1.54) is 0 Å².